The standard InChI is InChI=1S/C14H21BrN2O/c1-11-3-4-13(12(15)9-11)17-7-5-14(10-18,16-2)6-8-17/h3-4,9,16,18H,5-8,10H2,1-2H3. The molecule has 1 aromatic rings. The Morgan fingerprint density at radius 2 is 2.06 bits per heavy atom. The number of likely N-dealkylation sites (N-methyl/N-ethyl adjacent to an activating group) is 1. The smallest absolute Gasteiger partial charge is 0.0614 e. The molecule has 0 atom stereocenters. The Kier molecular flexibility index (Phi) is 4.30. The highest BCUT2D eigenvalue weighted by molar-refractivity contribution is 9.10. The summed E-state index contributed by atoms with van der Waals surface area (Å²) in [4.78, 5) is 2.38. The molecular formula is C14H21BrN2O. The minimum atomic E-state index is -0.0896. The molecule has 0 spiro atoms. The highest BCUT2D eigenvalue weighted by Gasteiger charge is 2.32. The molecule has 1 aliphatic rings. The van der Waals surface area contributed by atoms with E-state index >= 15 is 0 Å². The molecule has 1 aromatic carbocycles. The Bertz CT molecular complexity index is 408. The zero-order valence-electron chi connectivity index (χ0n) is 11.0. The second-order valence-electron chi connectivity index (χ2n) is 5.13. The molecule has 0 aromatic heterocycles. The van der Waals surface area contributed by atoms with Crippen molar-refractivity contribution in [1.82, 2.24) is 5.32 Å². The van der Waals surface area contributed by atoms with E-state index in [-0.39, 0.29) is 12.1 Å². The quantitative estimate of drug-likeness (QED) is 0.899. The third-order valence-electron chi connectivity index (χ3n) is 4.00. The molecule has 0 unspecified atom stereocenters. The fraction of sp³-hybridized carbons (Fsp3) is 0.571. The number of aryl methyl sites for hydroxylation is 1. The van der Waals surface area contributed by atoms with Crippen LogP contribution in [0, 0.1) is 6.92 Å². The summed E-state index contributed by atoms with van der Waals surface area (Å²) in [6.45, 7) is 4.26. The van der Waals surface area contributed by atoms with E-state index in [9.17, 15) is 5.11 Å². The highest BCUT2D eigenvalue weighted by Crippen LogP contribution is 2.31. The van der Waals surface area contributed by atoms with Crippen molar-refractivity contribution >= 4 is 21.6 Å². The fourth-order valence-electron chi connectivity index (χ4n) is 2.53. The summed E-state index contributed by atoms with van der Waals surface area (Å²) in [5, 5.41) is 12.8. The summed E-state index contributed by atoms with van der Waals surface area (Å²) in [5.41, 5.74) is 2.43. The zero-order chi connectivity index (χ0) is 13.2. The van der Waals surface area contributed by atoms with Crippen LogP contribution >= 0.6 is 15.9 Å². The molecule has 1 aliphatic heterocycles. The molecule has 2 rings (SSSR count). The average molecular weight is 313 g/mol. The zero-order valence-corrected chi connectivity index (χ0v) is 12.6. The number of nitrogens with zero attached hydrogens (tertiary/aromatic N) is 1. The van der Waals surface area contributed by atoms with Crippen molar-refractivity contribution in [3.63, 3.8) is 0 Å². The summed E-state index contributed by atoms with van der Waals surface area (Å²) in [6, 6.07) is 6.47. The number of nitrogens with one attached hydrogen (secondary N) is 1. The van der Waals surface area contributed by atoms with Crippen molar-refractivity contribution in [3.8, 4) is 0 Å². The van der Waals surface area contributed by atoms with Gasteiger partial charge in [-0.25, -0.2) is 0 Å². The molecule has 2 N–H and O–H groups in total. The van der Waals surface area contributed by atoms with Crippen molar-refractivity contribution < 1.29 is 5.11 Å². The Morgan fingerprint density at radius 1 is 1.39 bits per heavy atom. The van der Waals surface area contributed by atoms with E-state index in [1.807, 2.05) is 7.05 Å². The summed E-state index contributed by atoms with van der Waals surface area (Å²) >= 11 is 3.64. The molecule has 0 saturated carbocycles. The van der Waals surface area contributed by atoms with Crippen LogP contribution in [0.5, 0.6) is 0 Å². The highest BCUT2D eigenvalue weighted by atomic mass is 79.9. The Morgan fingerprint density at radius 3 is 2.56 bits per heavy atom. The molecule has 1 heterocycles. The van der Waals surface area contributed by atoms with E-state index in [0.29, 0.717) is 0 Å². The predicted octanol–water partition coefficient (Wildman–Crippen LogP) is 2.31. The number of aliphatic hydroxyl groups is 1. The van der Waals surface area contributed by atoms with Gasteiger partial charge in [-0.15, -0.1) is 0 Å². The molecular weight excluding hydrogens is 292 g/mol. The molecule has 0 radical (unpaired) electrons. The van der Waals surface area contributed by atoms with Gasteiger partial charge in [-0.2, -0.15) is 0 Å². The normalized spacial score (nSPS) is 19.0. The lowest BCUT2D eigenvalue weighted by atomic mass is 9.88. The minimum Gasteiger partial charge on any atom is -0.394 e. The second-order valence-corrected chi connectivity index (χ2v) is 5.98. The largest absolute Gasteiger partial charge is 0.394 e. The van der Waals surface area contributed by atoms with Crippen LogP contribution in [0.3, 0.4) is 0 Å². The Hall–Kier alpha value is -0.580. The molecule has 0 bridgehead atoms. The predicted molar refractivity (Wildman–Crippen MR) is 79.2 cm³/mol. The van der Waals surface area contributed by atoms with E-state index in [1.54, 1.807) is 0 Å². The first-order valence-corrected chi connectivity index (χ1v) is 7.20. The van der Waals surface area contributed by atoms with E-state index < -0.39 is 0 Å². The minimum absolute atomic E-state index is 0.0896. The van der Waals surface area contributed by atoms with Crippen molar-refractivity contribution in [2.75, 3.05) is 31.6 Å². The number of halogens is 1. The maximum atomic E-state index is 9.50. The van der Waals surface area contributed by atoms with E-state index in [0.717, 1.165) is 30.4 Å². The third kappa shape index (κ3) is 2.71. The number of hydrogen-bond acceptors (Lipinski definition) is 3. The maximum absolute atomic E-state index is 9.50. The number of benzene rings is 1. The van der Waals surface area contributed by atoms with Crippen LogP contribution in [0.25, 0.3) is 0 Å². The number of piperidine rings is 1. The topological polar surface area (TPSA) is 35.5 Å². The lowest BCUT2D eigenvalue weighted by Gasteiger charge is -2.41. The van der Waals surface area contributed by atoms with Crippen molar-refractivity contribution in [3.05, 3.63) is 28.2 Å². The van der Waals surface area contributed by atoms with Crippen LogP contribution in [0.4, 0.5) is 5.69 Å². The molecule has 1 saturated heterocycles. The maximum Gasteiger partial charge on any atom is 0.0614 e. The summed E-state index contributed by atoms with van der Waals surface area (Å²) < 4.78 is 1.16. The van der Waals surface area contributed by atoms with E-state index in [1.165, 1.54) is 11.3 Å². The van der Waals surface area contributed by atoms with E-state index in [4.69, 9.17) is 0 Å². The molecule has 18 heavy (non-hydrogen) atoms. The summed E-state index contributed by atoms with van der Waals surface area (Å²) in [6.07, 6.45) is 1.95. The van der Waals surface area contributed by atoms with Gasteiger partial charge in [0.15, 0.2) is 0 Å². The monoisotopic (exact) mass is 312 g/mol. The number of rotatable bonds is 3. The average Bonchev–Trinajstić information content (AvgIpc) is 2.39. The number of aliphatic hydroxyl groups excluding tert-OH is 1. The van der Waals surface area contributed by atoms with Crippen molar-refractivity contribution in [1.29, 1.82) is 0 Å². The van der Waals surface area contributed by atoms with Gasteiger partial charge in [-0.3, -0.25) is 0 Å². The van der Waals surface area contributed by atoms with Gasteiger partial charge in [-0.05, 0) is 60.4 Å². The number of hydrogen-bond donors (Lipinski definition) is 2. The van der Waals surface area contributed by atoms with Gasteiger partial charge in [0, 0.05) is 23.1 Å². The lowest BCUT2D eigenvalue weighted by molar-refractivity contribution is 0.142. The SMILES string of the molecule is CNC1(CO)CCN(c2ccc(C)cc2Br)CC1. The number of anilines is 1. The van der Waals surface area contributed by atoms with Crippen LogP contribution in [-0.2, 0) is 0 Å². The van der Waals surface area contributed by atoms with Gasteiger partial charge < -0.3 is 15.3 Å². The fourth-order valence-corrected chi connectivity index (χ4v) is 3.28. The molecule has 0 aliphatic carbocycles. The van der Waals surface area contributed by atoms with Gasteiger partial charge in [0.1, 0.15) is 0 Å². The van der Waals surface area contributed by atoms with Gasteiger partial charge in [0.25, 0.3) is 0 Å². The molecule has 3 nitrogen and oxygen atoms in total. The third-order valence-corrected chi connectivity index (χ3v) is 4.63. The van der Waals surface area contributed by atoms with Crippen molar-refractivity contribution in [2.24, 2.45) is 0 Å². The molecule has 1 fully saturated rings. The first kappa shape index (κ1) is 13.8. The van der Waals surface area contributed by atoms with Crippen LogP contribution in [0.1, 0.15) is 18.4 Å². The van der Waals surface area contributed by atoms with Gasteiger partial charge in [-0.1, -0.05) is 6.07 Å². The molecule has 0 amide bonds. The Labute approximate surface area is 117 Å². The first-order valence-electron chi connectivity index (χ1n) is 6.41. The van der Waals surface area contributed by atoms with E-state index in [2.05, 4.69) is 51.3 Å². The lowest BCUT2D eigenvalue weighted by Crippen LogP contribution is -2.54. The molecule has 100 valence electrons. The summed E-state index contributed by atoms with van der Waals surface area (Å²) in [5.74, 6) is 0. The molecule has 4 heteroatoms. The van der Waals surface area contributed by atoms with Gasteiger partial charge in [0.2, 0.25) is 0 Å². The van der Waals surface area contributed by atoms with Gasteiger partial charge in [0.05, 0.1) is 12.3 Å². The van der Waals surface area contributed by atoms with Crippen LogP contribution in [0.2, 0.25) is 0 Å². The van der Waals surface area contributed by atoms with Crippen molar-refractivity contribution in [2.45, 2.75) is 25.3 Å². The van der Waals surface area contributed by atoms with Crippen LogP contribution in [0.15, 0.2) is 22.7 Å². The second kappa shape index (κ2) is 5.59. The Balaban J connectivity index is 2.10. The van der Waals surface area contributed by atoms with Crippen LogP contribution in [-0.4, -0.2) is 37.4 Å². The van der Waals surface area contributed by atoms with Crippen LogP contribution < -0.4 is 10.2 Å². The first-order chi connectivity index (χ1) is 8.60. The van der Waals surface area contributed by atoms with Gasteiger partial charge >= 0.3 is 0 Å². The summed E-state index contributed by atoms with van der Waals surface area (Å²) in [7, 11) is 1.94.